The molecule has 3 heterocycles. The Morgan fingerprint density at radius 1 is 1.11 bits per heavy atom. The van der Waals surface area contributed by atoms with Gasteiger partial charge in [-0.15, -0.1) is 0 Å². The lowest BCUT2D eigenvalue weighted by Crippen LogP contribution is -2.42. The standard InChI is InChI=1S/C22H23N3OS/c1-15-6-7-18-20(14-15)27-22(23-18)24-11-8-17(9-12-24)21(26)25-13-10-16-4-2-3-5-19(16)25/h2-7,14,17H,8-13H2,1H3. The molecule has 27 heavy (non-hydrogen) atoms. The number of para-hydroxylation sites is 1. The van der Waals surface area contributed by atoms with Crippen LogP contribution in [0.15, 0.2) is 42.5 Å². The highest BCUT2D eigenvalue weighted by Gasteiger charge is 2.32. The zero-order valence-corrected chi connectivity index (χ0v) is 16.3. The van der Waals surface area contributed by atoms with Crippen LogP contribution in [0, 0.1) is 12.8 Å². The molecule has 2 aliphatic heterocycles. The molecule has 0 N–H and O–H groups in total. The fraction of sp³-hybridized carbons (Fsp3) is 0.364. The number of benzene rings is 2. The maximum absolute atomic E-state index is 13.1. The number of aromatic nitrogens is 1. The first-order valence-corrected chi connectivity index (χ1v) is 10.5. The molecule has 1 aromatic heterocycles. The maximum atomic E-state index is 13.1. The van der Waals surface area contributed by atoms with E-state index in [-0.39, 0.29) is 5.92 Å². The van der Waals surface area contributed by atoms with Crippen LogP contribution in [0.2, 0.25) is 0 Å². The molecular formula is C22H23N3OS. The van der Waals surface area contributed by atoms with Crippen molar-refractivity contribution in [1.29, 1.82) is 0 Å². The van der Waals surface area contributed by atoms with Crippen molar-refractivity contribution in [1.82, 2.24) is 4.98 Å². The van der Waals surface area contributed by atoms with Gasteiger partial charge in [-0.25, -0.2) is 4.98 Å². The number of carbonyl (C=O) groups is 1. The zero-order chi connectivity index (χ0) is 18.4. The maximum Gasteiger partial charge on any atom is 0.230 e. The number of carbonyl (C=O) groups excluding carboxylic acids is 1. The molecule has 5 heteroatoms. The third kappa shape index (κ3) is 3.00. The monoisotopic (exact) mass is 377 g/mol. The molecule has 138 valence electrons. The normalized spacial score (nSPS) is 17.5. The largest absolute Gasteiger partial charge is 0.348 e. The number of fused-ring (bicyclic) bond motifs is 2. The van der Waals surface area contributed by atoms with E-state index < -0.39 is 0 Å². The van der Waals surface area contributed by atoms with E-state index in [1.54, 1.807) is 11.3 Å². The van der Waals surface area contributed by atoms with Crippen LogP contribution in [0.4, 0.5) is 10.8 Å². The molecule has 2 aliphatic rings. The molecule has 1 amide bonds. The molecule has 1 fully saturated rings. The number of amides is 1. The van der Waals surface area contributed by atoms with Crippen molar-refractivity contribution in [2.24, 2.45) is 5.92 Å². The quantitative estimate of drug-likeness (QED) is 0.664. The number of anilines is 2. The van der Waals surface area contributed by atoms with Gasteiger partial charge in [0.1, 0.15) is 0 Å². The third-order valence-corrected chi connectivity index (χ3v) is 6.88. The Hall–Kier alpha value is -2.40. The summed E-state index contributed by atoms with van der Waals surface area (Å²) in [4.78, 5) is 22.2. The number of hydrogen-bond acceptors (Lipinski definition) is 4. The first-order chi connectivity index (χ1) is 13.2. The van der Waals surface area contributed by atoms with E-state index in [1.165, 1.54) is 15.8 Å². The van der Waals surface area contributed by atoms with E-state index >= 15 is 0 Å². The molecule has 0 aliphatic carbocycles. The van der Waals surface area contributed by atoms with E-state index in [9.17, 15) is 4.79 Å². The molecule has 1 saturated heterocycles. The molecule has 0 spiro atoms. The van der Waals surface area contributed by atoms with Crippen molar-refractivity contribution in [2.75, 3.05) is 29.4 Å². The third-order valence-electron chi connectivity index (χ3n) is 5.80. The second kappa shape index (κ2) is 6.64. The lowest BCUT2D eigenvalue weighted by Gasteiger charge is -2.33. The van der Waals surface area contributed by atoms with Crippen molar-refractivity contribution in [3.63, 3.8) is 0 Å². The molecule has 0 saturated carbocycles. The zero-order valence-electron chi connectivity index (χ0n) is 15.5. The molecule has 4 nitrogen and oxygen atoms in total. The molecule has 0 atom stereocenters. The molecular weight excluding hydrogens is 354 g/mol. The van der Waals surface area contributed by atoms with Gasteiger partial charge in [0.05, 0.1) is 10.2 Å². The van der Waals surface area contributed by atoms with E-state index in [4.69, 9.17) is 4.98 Å². The number of aryl methyl sites for hydroxylation is 1. The summed E-state index contributed by atoms with van der Waals surface area (Å²) in [5.41, 5.74) is 4.76. The number of rotatable bonds is 2. The summed E-state index contributed by atoms with van der Waals surface area (Å²) >= 11 is 1.76. The molecule has 5 rings (SSSR count). The predicted octanol–water partition coefficient (Wildman–Crippen LogP) is 4.41. The second-order valence-electron chi connectivity index (χ2n) is 7.60. The average molecular weight is 378 g/mol. The highest BCUT2D eigenvalue weighted by Crippen LogP contribution is 2.34. The number of thiazole rings is 1. The van der Waals surface area contributed by atoms with Gasteiger partial charge < -0.3 is 9.80 Å². The van der Waals surface area contributed by atoms with Crippen LogP contribution in [0.1, 0.15) is 24.0 Å². The minimum Gasteiger partial charge on any atom is -0.348 e. The fourth-order valence-electron chi connectivity index (χ4n) is 4.26. The summed E-state index contributed by atoms with van der Waals surface area (Å²) < 4.78 is 1.25. The van der Waals surface area contributed by atoms with Gasteiger partial charge in [0.15, 0.2) is 5.13 Å². The van der Waals surface area contributed by atoms with Crippen LogP contribution < -0.4 is 9.80 Å². The van der Waals surface area contributed by atoms with Gasteiger partial charge in [0, 0.05) is 31.2 Å². The Bertz CT molecular complexity index is 1000. The SMILES string of the molecule is Cc1ccc2nc(N3CCC(C(=O)N4CCc5ccccc54)CC3)sc2c1. The molecule has 0 radical (unpaired) electrons. The minimum absolute atomic E-state index is 0.129. The van der Waals surface area contributed by atoms with Crippen molar-refractivity contribution < 1.29 is 4.79 Å². The average Bonchev–Trinajstić information content (AvgIpc) is 3.31. The first-order valence-electron chi connectivity index (χ1n) is 9.70. The second-order valence-corrected chi connectivity index (χ2v) is 8.61. The Morgan fingerprint density at radius 3 is 2.78 bits per heavy atom. The van der Waals surface area contributed by atoms with Crippen LogP contribution in [0.25, 0.3) is 10.2 Å². The highest BCUT2D eigenvalue weighted by molar-refractivity contribution is 7.22. The van der Waals surface area contributed by atoms with Crippen molar-refractivity contribution >= 4 is 38.3 Å². The van der Waals surface area contributed by atoms with E-state index in [1.807, 2.05) is 11.0 Å². The summed E-state index contributed by atoms with van der Waals surface area (Å²) in [6, 6.07) is 14.7. The summed E-state index contributed by atoms with van der Waals surface area (Å²) in [6.07, 6.45) is 2.80. The Kier molecular flexibility index (Phi) is 4.12. The van der Waals surface area contributed by atoms with Crippen molar-refractivity contribution in [3.8, 4) is 0 Å². The number of hydrogen-bond donors (Lipinski definition) is 0. The Balaban J connectivity index is 1.28. The van der Waals surface area contributed by atoms with Crippen LogP contribution in [0.3, 0.4) is 0 Å². The Labute approximate surface area is 163 Å². The number of piperidine rings is 1. The van der Waals surface area contributed by atoms with Crippen LogP contribution in [0.5, 0.6) is 0 Å². The van der Waals surface area contributed by atoms with Gasteiger partial charge in [0.2, 0.25) is 5.91 Å². The van der Waals surface area contributed by atoms with Crippen LogP contribution >= 0.6 is 11.3 Å². The van der Waals surface area contributed by atoms with Crippen molar-refractivity contribution in [2.45, 2.75) is 26.2 Å². The predicted molar refractivity (Wildman–Crippen MR) is 112 cm³/mol. The smallest absolute Gasteiger partial charge is 0.230 e. The molecule has 2 aromatic carbocycles. The summed E-state index contributed by atoms with van der Waals surface area (Å²) in [7, 11) is 0. The minimum atomic E-state index is 0.129. The van der Waals surface area contributed by atoms with Gasteiger partial charge in [-0.1, -0.05) is 35.6 Å². The number of nitrogens with zero attached hydrogens (tertiary/aromatic N) is 3. The van der Waals surface area contributed by atoms with Gasteiger partial charge in [-0.05, 0) is 55.5 Å². The first kappa shape index (κ1) is 16.8. The highest BCUT2D eigenvalue weighted by atomic mass is 32.1. The lowest BCUT2D eigenvalue weighted by atomic mass is 9.95. The molecule has 0 unspecified atom stereocenters. The van der Waals surface area contributed by atoms with Crippen LogP contribution in [-0.4, -0.2) is 30.5 Å². The van der Waals surface area contributed by atoms with Gasteiger partial charge in [0.25, 0.3) is 0 Å². The lowest BCUT2D eigenvalue weighted by molar-refractivity contribution is -0.122. The fourth-order valence-corrected chi connectivity index (χ4v) is 5.38. The molecule has 3 aromatic rings. The van der Waals surface area contributed by atoms with E-state index in [2.05, 4.69) is 48.2 Å². The summed E-state index contributed by atoms with van der Waals surface area (Å²) in [6.45, 7) is 4.76. The van der Waals surface area contributed by atoms with Gasteiger partial charge >= 0.3 is 0 Å². The van der Waals surface area contributed by atoms with E-state index in [0.29, 0.717) is 5.91 Å². The van der Waals surface area contributed by atoms with Crippen molar-refractivity contribution in [3.05, 3.63) is 53.6 Å². The van der Waals surface area contributed by atoms with Gasteiger partial charge in [-0.3, -0.25) is 4.79 Å². The summed E-state index contributed by atoms with van der Waals surface area (Å²) in [5.74, 6) is 0.434. The van der Waals surface area contributed by atoms with E-state index in [0.717, 1.165) is 55.2 Å². The van der Waals surface area contributed by atoms with Gasteiger partial charge in [-0.2, -0.15) is 0 Å². The molecule has 0 bridgehead atoms. The summed E-state index contributed by atoms with van der Waals surface area (Å²) in [5, 5.41) is 1.09. The van der Waals surface area contributed by atoms with Crippen LogP contribution in [-0.2, 0) is 11.2 Å². The topological polar surface area (TPSA) is 36.4 Å². The Morgan fingerprint density at radius 2 is 1.93 bits per heavy atom.